The molecule has 0 amide bonds. The van der Waals surface area contributed by atoms with Crippen LogP contribution < -0.4 is 0 Å². The second-order valence-corrected chi connectivity index (χ2v) is 9.37. The van der Waals surface area contributed by atoms with Gasteiger partial charge in [-0.3, -0.25) is 4.79 Å². The number of hydrogen-bond acceptors (Lipinski definition) is 6. The Morgan fingerprint density at radius 3 is 1.86 bits per heavy atom. The van der Waals surface area contributed by atoms with Crippen LogP contribution in [0.25, 0.3) is 0 Å². The van der Waals surface area contributed by atoms with Gasteiger partial charge in [-0.2, -0.15) is 0 Å². The molecule has 4 unspecified atom stereocenters. The van der Waals surface area contributed by atoms with Gasteiger partial charge in [0, 0.05) is 18.2 Å². The van der Waals surface area contributed by atoms with Gasteiger partial charge in [0.15, 0.2) is 18.7 Å². The van der Waals surface area contributed by atoms with E-state index in [4.69, 9.17) is 23.7 Å². The molecule has 29 heavy (non-hydrogen) atoms. The van der Waals surface area contributed by atoms with Gasteiger partial charge in [-0.1, -0.05) is 57.5 Å². The van der Waals surface area contributed by atoms with Crippen molar-refractivity contribution < 1.29 is 28.5 Å². The first-order valence-electron chi connectivity index (χ1n) is 11.1. The van der Waals surface area contributed by atoms with Crippen molar-refractivity contribution in [2.45, 2.75) is 98.3 Å². The Morgan fingerprint density at radius 2 is 1.38 bits per heavy atom. The van der Waals surface area contributed by atoms with Crippen molar-refractivity contribution in [2.75, 3.05) is 11.9 Å². The standard InChI is InChI=1S/C22H39BrO6/c1-8-17-12(3)14(5)19(21(27-17)25-11-10-23)29-22-20(26-16(7)24)15(6)13(4)18(9-2)28-22/h12-15,17-22H,8-11H2,1-7H3/t12-,13-,14-,15-,17?,18?,19?,20?,21-,22+/m0/s1. The summed E-state index contributed by atoms with van der Waals surface area (Å²) in [4.78, 5) is 11.8. The van der Waals surface area contributed by atoms with Crippen molar-refractivity contribution in [3.8, 4) is 0 Å². The number of rotatable bonds is 8. The van der Waals surface area contributed by atoms with Crippen LogP contribution in [0.4, 0.5) is 0 Å². The van der Waals surface area contributed by atoms with Gasteiger partial charge in [-0.15, -0.1) is 0 Å². The summed E-state index contributed by atoms with van der Waals surface area (Å²) in [6.07, 6.45) is 0.142. The lowest BCUT2D eigenvalue weighted by atomic mass is 9.81. The van der Waals surface area contributed by atoms with Gasteiger partial charge >= 0.3 is 5.97 Å². The minimum Gasteiger partial charge on any atom is -0.457 e. The van der Waals surface area contributed by atoms with Crippen LogP contribution in [0, 0.1) is 23.7 Å². The normalized spacial score (nSPS) is 43.2. The Labute approximate surface area is 184 Å². The van der Waals surface area contributed by atoms with Crippen LogP contribution in [0.15, 0.2) is 0 Å². The highest BCUT2D eigenvalue weighted by Gasteiger charge is 2.48. The average molecular weight is 479 g/mol. The van der Waals surface area contributed by atoms with E-state index in [0.717, 1.165) is 18.2 Å². The zero-order valence-corrected chi connectivity index (χ0v) is 20.5. The van der Waals surface area contributed by atoms with E-state index in [0.29, 0.717) is 12.5 Å². The first kappa shape index (κ1) is 25.1. The van der Waals surface area contributed by atoms with E-state index in [-0.39, 0.29) is 42.0 Å². The van der Waals surface area contributed by atoms with E-state index in [1.54, 1.807) is 0 Å². The van der Waals surface area contributed by atoms with Crippen LogP contribution in [0.3, 0.4) is 0 Å². The lowest BCUT2D eigenvalue weighted by Gasteiger charge is -2.48. The van der Waals surface area contributed by atoms with E-state index in [1.807, 2.05) is 0 Å². The van der Waals surface area contributed by atoms with Gasteiger partial charge in [0.2, 0.25) is 0 Å². The third kappa shape index (κ3) is 5.94. The van der Waals surface area contributed by atoms with Crippen molar-refractivity contribution in [1.29, 1.82) is 0 Å². The molecule has 0 aromatic carbocycles. The number of halogens is 1. The highest BCUT2D eigenvalue weighted by Crippen LogP contribution is 2.39. The van der Waals surface area contributed by atoms with Crippen LogP contribution in [0.2, 0.25) is 0 Å². The predicted octanol–water partition coefficient (Wildman–Crippen LogP) is 4.53. The third-order valence-corrected chi connectivity index (χ3v) is 7.10. The molecule has 2 aliphatic rings. The predicted molar refractivity (Wildman–Crippen MR) is 115 cm³/mol. The second kappa shape index (κ2) is 11.4. The Balaban J connectivity index is 2.24. The lowest BCUT2D eigenvalue weighted by molar-refractivity contribution is -0.344. The molecule has 2 heterocycles. The topological polar surface area (TPSA) is 63.2 Å². The second-order valence-electron chi connectivity index (χ2n) is 8.57. The van der Waals surface area contributed by atoms with E-state index in [2.05, 4.69) is 57.5 Å². The molecule has 2 aliphatic heterocycles. The van der Waals surface area contributed by atoms with Gasteiger partial charge in [0.05, 0.1) is 18.8 Å². The minimum absolute atomic E-state index is 0.0596. The Bertz CT molecular complexity index is 518. The van der Waals surface area contributed by atoms with Crippen LogP contribution in [0.5, 0.6) is 0 Å². The maximum absolute atomic E-state index is 11.8. The molecule has 0 bridgehead atoms. The molecule has 0 N–H and O–H groups in total. The number of esters is 1. The van der Waals surface area contributed by atoms with E-state index < -0.39 is 18.7 Å². The molecule has 170 valence electrons. The molecule has 0 aromatic rings. The summed E-state index contributed by atoms with van der Waals surface area (Å²) < 4.78 is 30.7. The summed E-state index contributed by atoms with van der Waals surface area (Å²) in [6.45, 7) is 14.8. The summed E-state index contributed by atoms with van der Waals surface area (Å²) >= 11 is 3.42. The zero-order chi connectivity index (χ0) is 21.7. The van der Waals surface area contributed by atoms with Crippen molar-refractivity contribution in [2.24, 2.45) is 23.7 Å². The maximum Gasteiger partial charge on any atom is 0.303 e. The van der Waals surface area contributed by atoms with Crippen molar-refractivity contribution >= 4 is 21.9 Å². The molecule has 2 saturated heterocycles. The number of ether oxygens (including phenoxy) is 5. The van der Waals surface area contributed by atoms with E-state index in [1.165, 1.54) is 6.92 Å². The first-order valence-corrected chi connectivity index (χ1v) is 12.2. The summed E-state index contributed by atoms with van der Waals surface area (Å²) in [6, 6.07) is 0. The molecule has 2 fully saturated rings. The molecule has 0 saturated carbocycles. The smallest absolute Gasteiger partial charge is 0.303 e. The largest absolute Gasteiger partial charge is 0.457 e. The van der Waals surface area contributed by atoms with Crippen LogP contribution >= 0.6 is 15.9 Å². The Morgan fingerprint density at radius 1 is 0.862 bits per heavy atom. The van der Waals surface area contributed by atoms with Crippen LogP contribution in [-0.4, -0.2) is 54.9 Å². The number of carbonyl (C=O) groups excluding carboxylic acids is 1. The highest BCUT2D eigenvalue weighted by molar-refractivity contribution is 9.09. The van der Waals surface area contributed by atoms with Crippen molar-refractivity contribution in [1.82, 2.24) is 0 Å². The molecule has 0 aliphatic carbocycles. The number of alkyl halides is 1. The number of carbonyl (C=O) groups is 1. The molecule has 10 atom stereocenters. The molecule has 7 heteroatoms. The van der Waals surface area contributed by atoms with Gasteiger partial charge in [-0.25, -0.2) is 0 Å². The first-order chi connectivity index (χ1) is 13.7. The molecule has 0 spiro atoms. The fourth-order valence-electron chi connectivity index (χ4n) is 4.56. The van der Waals surface area contributed by atoms with Crippen molar-refractivity contribution in [3.05, 3.63) is 0 Å². The molecular weight excluding hydrogens is 440 g/mol. The fraction of sp³-hybridized carbons (Fsp3) is 0.955. The molecule has 0 radical (unpaired) electrons. The van der Waals surface area contributed by atoms with Crippen molar-refractivity contribution in [3.63, 3.8) is 0 Å². The lowest BCUT2D eigenvalue weighted by Crippen LogP contribution is -2.57. The zero-order valence-electron chi connectivity index (χ0n) is 18.9. The molecule has 0 aromatic heterocycles. The van der Waals surface area contributed by atoms with Gasteiger partial charge < -0.3 is 23.7 Å². The molecule has 6 nitrogen and oxygen atoms in total. The number of hydrogen-bond donors (Lipinski definition) is 0. The summed E-state index contributed by atoms with van der Waals surface area (Å²) in [5.74, 6) is 0.618. The minimum atomic E-state index is -0.633. The highest BCUT2D eigenvalue weighted by atomic mass is 79.9. The monoisotopic (exact) mass is 478 g/mol. The van der Waals surface area contributed by atoms with Gasteiger partial charge in [0.1, 0.15) is 6.10 Å². The quantitative estimate of drug-likeness (QED) is 0.377. The van der Waals surface area contributed by atoms with Gasteiger partial charge in [0.25, 0.3) is 0 Å². The Kier molecular flexibility index (Phi) is 9.87. The van der Waals surface area contributed by atoms with Crippen LogP contribution in [0.1, 0.15) is 61.3 Å². The third-order valence-electron chi connectivity index (χ3n) is 6.78. The SMILES string of the molecule is CCC1O[C@H](OC2[C@@H](OCCBr)OC(CC)[C@@H](C)[C@@H]2C)C(OC(C)=O)[C@@H](C)[C@@H]1C. The van der Waals surface area contributed by atoms with E-state index >= 15 is 0 Å². The maximum atomic E-state index is 11.8. The van der Waals surface area contributed by atoms with Gasteiger partial charge in [-0.05, 0) is 30.6 Å². The summed E-state index contributed by atoms with van der Waals surface area (Å²) in [5.41, 5.74) is 0. The summed E-state index contributed by atoms with van der Waals surface area (Å²) in [7, 11) is 0. The fourth-order valence-corrected chi connectivity index (χ4v) is 4.74. The molecule has 2 rings (SSSR count). The molecular formula is C22H39BrO6. The Hall–Kier alpha value is -0.210. The average Bonchev–Trinajstić information content (AvgIpc) is 2.69. The summed E-state index contributed by atoms with van der Waals surface area (Å²) in [5, 5.41) is 0.725. The van der Waals surface area contributed by atoms with E-state index in [9.17, 15) is 4.79 Å². The van der Waals surface area contributed by atoms with Crippen LogP contribution in [-0.2, 0) is 28.5 Å².